The monoisotopic (exact) mass is 1110 g/mol. The van der Waals surface area contributed by atoms with Crippen LogP contribution >= 0.6 is 0 Å². The third-order valence-electron chi connectivity index (χ3n) is 17.3. The molecule has 0 aromatic heterocycles. The van der Waals surface area contributed by atoms with Crippen molar-refractivity contribution in [2.24, 2.45) is 0 Å². The van der Waals surface area contributed by atoms with Crippen molar-refractivity contribution in [1.82, 2.24) is 5.32 Å². The molecule has 79 heavy (non-hydrogen) atoms. The third-order valence-corrected chi connectivity index (χ3v) is 17.3. The number of carbonyl (C=O) groups is 2. The van der Waals surface area contributed by atoms with Gasteiger partial charge in [-0.1, -0.05) is 366 Å². The summed E-state index contributed by atoms with van der Waals surface area (Å²) in [6.45, 7) is 5.00. The minimum atomic E-state index is -0.664. The quantitative estimate of drug-likeness (QED) is 0.0320. The Kier molecular flexibility index (Phi) is 67.9. The fraction of sp³-hybridized carbons (Fsp3) is 0.945. The van der Waals surface area contributed by atoms with Crippen molar-refractivity contribution in [3.05, 3.63) is 12.2 Å². The molecule has 0 rings (SSSR count). The Balaban J connectivity index is 3.37. The molecule has 0 aliphatic carbocycles. The van der Waals surface area contributed by atoms with Gasteiger partial charge in [-0.2, -0.15) is 0 Å². The first-order valence-electron chi connectivity index (χ1n) is 36.4. The molecule has 0 aliphatic rings. The van der Waals surface area contributed by atoms with Crippen LogP contribution in [0.2, 0.25) is 0 Å². The highest BCUT2D eigenvalue weighted by Gasteiger charge is 2.20. The summed E-state index contributed by atoms with van der Waals surface area (Å²) in [6, 6.07) is -0.541. The molecule has 0 aromatic carbocycles. The van der Waals surface area contributed by atoms with Crippen molar-refractivity contribution < 1.29 is 24.5 Å². The number of aliphatic hydroxyl groups excluding tert-OH is 2. The minimum Gasteiger partial charge on any atom is -0.466 e. The Hall–Kier alpha value is -1.40. The molecular weight excluding hydrogens is 971 g/mol. The van der Waals surface area contributed by atoms with E-state index < -0.39 is 12.1 Å². The summed E-state index contributed by atoms with van der Waals surface area (Å²) >= 11 is 0. The maximum Gasteiger partial charge on any atom is 0.305 e. The average Bonchev–Trinajstić information content (AvgIpc) is 3.45. The molecule has 6 heteroatoms. The molecule has 0 aromatic rings. The fourth-order valence-electron chi connectivity index (χ4n) is 11.8. The molecule has 0 spiro atoms. The summed E-state index contributed by atoms with van der Waals surface area (Å²) in [5.41, 5.74) is 0. The zero-order valence-electron chi connectivity index (χ0n) is 53.9. The molecule has 0 saturated heterocycles. The summed E-state index contributed by atoms with van der Waals surface area (Å²) < 4.78 is 5.48. The number of rotatable bonds is 69. The van der Waals surface area contributed by atoms with E-state index in [0.717, 1.165) is 38.5 Å². The van der Waals surface area contributed by atoms with E-state index in [1.54, 1.807) is 0 Å². The van der Waals surface area contributed by atoms with E-state index in [9.17, 15) is 19.8 Å². The molecule has 3 N–H and O–H groups in total. The number of carbonyl (C=O) groups excluding carboxylic acids is 2. The van der Waals surface area contributed by atoms with Crippen LogP contribution in [0.3, 0.4) is 0 Å². The van der Waals surface area contributed by atoms with Gasteiger partial charge in [0, 0.05) is 12.8 Å². The average molecular weight is 1110 g/mol. The number of hydrogen-bond acceptors (Lipinski definition) is 5. The van der Waals surface area contributed by atoms with Crippen molar-refractivity contribution in [3.63, 3.8) is 0 Å². The number of esters is 1. The van der Waals surface area contributed by atoms with Crippen LogP contribution in [0.25, 0.3) is 0 Å². The summed E-state index contributed by atoms with van der Waals surface area (Å²) in [6.07, 6.45) is 85.6. The third kappa shape index (κ3) is 65.6. The number of nitrogens with one attached hydrogen (secondary N) is 1. The Morgan fingerprint density at radius 1 is 0.342 bits per heavy atom. The molecule has 0 aliphatic heterocycles. The number of ether oxygens (including phenoxy) is 1. The van der Waals surface area contributed by atoms with Gasteiger partial charge < -0.3 is 20.3 Å². The van der Waals surface area contributed by atoms with Crippen LogP contribution in [0, 0.1) is 0 Å². The first-order chi connectivity index (χ1) is 39.0. The smallest absolute Gasteiger partial charge is 0.305 e. The van der Waals surface area contributed by atoms with Crippen molar-refractivity contribution in [3.8, 4) is 0 Å². The van der Waals surface area contributed by atoms with E-state index in [4.69, 9.17) is 4.74 Å². The predicted octanol–water partition coefficient (Wildman–Crippen LogP) is 23.5. The molecule has 0 heterocycles. The van der Waals surface area contributed by atoms with E-state index >= 15 is 0 Å². The highest BCUT2D eigenvalue weighted by Crippen LogP contribution is 2.19. The van der Waals surface area contributed by atoms with Crippen LogP contribution in [0.1, 0.15) is 418 Å². The van der Waals surface area contributed by atoms with Crippen molar-refractivity contribution in [1.29, 1.82) is 0 Å². The van der Waals surface area contributed by atoms with Crippen LogP contribution in [-0.2, 0) is 14.3 Å². The fourth-order valence-corrected chi connectivity index (χ4v) is 11.8. The summed E-state index contributed by atoms with van der Waals surface area (Å²) in [5, 5.41) is 23.4. The summed E-state index contributed by atoms with van der Waals surface area (Å²) in [4.78, 5) is 24.6. The molecule has 1 amide bonds. The highest BCUT2D eigenvalue weighted by molar-refractivity contribution is 5.76. The number of unbranched alkanes of at least 4 members (excludes halogenated alkanes) is 56. The number of amides is 1. The second-order valence-corrected chi connectivity index (χ2v) is 25.3. The molecule has 6 nitrogen and oxygen atoms in total. The molecule has 470 valence electrons. The largest absolute Gasteiger partial charge is 0.466 e. The first-order valence-corrected chi connectivity index (χ1v) is 36.4. The number of allylic oxidation sites excluding steroid dienone is 2. The maximum atomic E-state index is 12.5. The van der Waals surface area contributed by atoms with Gasteiger partial charge in [0.2, 0.25) is 5.91 Å². The van der Waals surface area contributed by atoms with Crippen LogP contribution in [0.5, 0.6) is 0 Å². The molecule has 2 atom stereocenters. The van der Waals surface area contributed by atoms with Gasteiger partial charge in [0.05, 0.1) is 25.4 Å². The Morgan fingerprint density at radius 3 is 0.899 bits per heavy atom. The van der Waals surface area contributed by atoms with Crippen LogP contribution in [0.15, 0.2) is 12.2 Å². The van der Waals surface area contributed by atoms with Crippen molar-refractivity contribution in [2.75, 3.05) is 13.2 Å². The Labute approximate surface area is 495 Å². The van der Waals surface area contributed by atoms with Gasteiger partial charge >= 0.3 is 5.97 Å². The number of hydrogen-bond donors (Lipinski definition) is 3. The molecular formula is C73H143NO5. The van der Waals surface area contributed by atoms with Gasteiger partial charge in [-0.3, -0.25) is 9.59 Å². The zero-order chi connectivity index (χ0) is 57.1. The lowest BCUT2D eigenvalue weighted by Gasteiger charge is -2.22. The molecule has 0 radical (unpaired) electrons. The van der Waals surface area contributed by atoms with Gasteiger partial charge in [-0.15, -0.1) is 0 Å². The lowest BCUT2D eigenvalue weighted by Crippen LogP contribution is -2.45. The predicted molar refractivity (Wildman–Crippen MR) is 347 cm³/mol. The highest BCUT2D eigenvalue weighted by atomic mass is 16.5. The SMILES string of the molecule is CCCCCCCCCCCCCCCCCCCCCCCC(O)C(CO)NC(=O)CCCCCCCCCCCCCCCC/C=C\CCCCCCCCCCCCCCOC(=O)CCCCCCCCCCCCC. The van der Waals surface area contributed by atoms with E-state index in [0.29, 0.717) is 25.9 Å². The van der Waals surface area contributed by atoms with Gasteiger partial charge in [-0.25, -0.2) is 0 Å². The van der Waals surface area contributed by atoms with Crippen molar-refractivity contribution in [2.45, 2.75) is 431 Å². The molecule has 0 fully saturated rings. The van der Waals surface area contributed by atoms with Gasteiger partial charge in [-0.05, 0) is 51.4 Å². The van der Waals surface area contributed by atoms with Crippen LogP contribution in [0.4, 0.5) is 0 Å². The second-order valence-electron chi connectivity index (χ2n) is 25.3. The van der Waals surface area contributed by atoms with Gasteiger partial charge in [0.1, 0.15) is 0 Å². The second kappa shape index (κ2) is 69.1. The van der Waals surface area contributed by atoms with Crippen LogP contribution < -0.4 is 5.32 Å². The van der Waals surface area contributed by atoms with E-state index in [2.05, 4.69) is 31.3 Å². The summed E-state index contributed by atoms with van der Waals surface area (Å²) in [7, 11) is 0. The standard InChI is InChI=1S/C73H143NO5/c1-3-5-7-9-11-13-15-16-17-18-19-30-33-36-39-42-46-49-53-57-61-65-71(76)70(69-75)74-72(77)66-62-58-54-50-47-43-40-37-34-31-28-26-24-22-20-21-23-25-27-29-32-35-38-41-44-48-52-56-60-64-68-79-73(78)67-63-59-55-51-45-14-12-10-8-6-4-2/h21,23,70-71,75-76H,3-20,22,24-69H2,1-2H3,(H,74,77)/b23-21-. The molecule has 2 unspecified atom stereocenters. The van der Waals surface area contributed by atoms with E-state index in [1.165, 1.54) is 347 Å². The lowest BCUT2D eigenvalue weighted by molar-refractivity contribution is -0.143. The number of aliphatic hydroxyl groups is 2. The maximum absolute atomic E-state index is 12.5. The van der Waals surface area contributed by atoms with Gasteiger partial charge in [0.15, 0.2) is 0 Å². The minimum absolute atomic E-state index is 0.0178. The molecule has 0 saturated carbocycles. The molecule has 0 bridgehead atoms. The van der Waals surface area contributed by atoms with Gasteiger partial charge in [0.25, 0.3) is 0 Å². The normalized spacial score (nSPS) is 12.5. The first kappa shape index (κ1) is 77.6. The van der Waals surface area contributed by atoms with E-state index in [1.807, 2.05) is 0 Å². The lowest BCUT2D eigenvalue weighted by atomic mass is 10.0. The topological polar surface area (TPSA) is 95.9 Å². The Bertz CT molecular complexity index is 1190. The van der Waals surface area contributed by atoms with E-state index in [-0.39, 0.29) is 18.5 Å². The van der Waals surface area contributed by atoms with Crippen molar-refractivity contribution >= 4 is 11.9 Å². The zero-order valence-corrected chi connectivity index (χ0v) is 53.9. The summed E-state index contributed by atoms with van der Waals surface area (Å²) in [5.74, 6) is -0.0105. The Morgan fingerprint density at radius 2 is 0.595 bits per heavy atom. The van der Waals surface area contributed by atoms with Crippen LogP contribution in [-0.4, -0.2) is 47.4 Å².